The van der Waals surface area contributed by atoms with E-state index in [2.05, 4.69) is 43.9 Å². The molecule has 1 nitrogen and oxygen atoms in total. The zero-order chi connectivity index (χ0) is 13.3. The molecule has 2 atom stereocenters. The maximum absolute atomic E-state index is 4.85. The fourth-order valence-corrected chi connectivity index (χ4v) is 3.70. The average molecular weight is 261 g/mol. The summed E-state index contributed by atoms with van der Waals surface area (Å²) in [5.74, 6) is 1.19. The zero-order valence-corrected chi connectivity index (χ0v) is 12.7. The Kier molecular flexibility index (Phi) is 3.89. The third-order valence-electron chi connectivity index (χ3n) is 4.62. The highest BCUT2D eigenvalue weighted by atomic mass is 32.1. The van der Waals surface area contributed by atoms with Gasteiger partial charge in [0.1, 0.15) is 0 Å². The lowest BCUT2D eigenvalue weighted by Crippen LogP contribution is -2.39. The minimum Gasteiger partial charge on any atom is -0.225 e. The van der Waals surface area contributed by atoms with Crippen LogP contribution in [-0.2, 0) is 0 Å². The highest BCUT2D eigenvalue weighted by Crippen LogP contribution is 2.47. The number of hydrogen-bond acceptors (Lipinski definition) is 2. The molecule has 0 radical (unpaired) electrons. The summed E-state index contributed by atoms with van der Waals surface area (Å²) in [5.41, 5.74) is 4.68. The van der Waals surface area contributed by atoms with Gasteiger partial charge >= 0.3 is 0 Å². The van der Waals surface area contributed by atoms with Gasteiger partial charge in [-0.1, -0.05) is 31.1 Å². The number of thiocarbonyl (C=S) groups is 1. The Morgan fingerprint density at radius 2 is 2.17 bits per heavy atom. The SMILES string of the molecule is CC1=CC2=C(C(C)C)CCC(C)(N=C=S)C2CC1. The van der Waals surface area contributed by atoms with E-state index in [4.69, 9.17) is 12.2 Å². The van der Waals surface area contributed by atoms with E-state index < -0.39 is 0 Å². The normalized spacial score (nSPS) is 31.8. The summed E-state index contributed by atoms with van der Waals surface area (Å²) < 4.78 is 0. The summed E-state index contributed by atoms with van der Waals surface area (Å²) in [6, 6.07) is 0. The summed E-state index contributed by atoms with van der Waals surface area (Å²) >= 11 is 4.85. The van der Waals surface area contributed by atoms with E-state index in [0.717, 1.165) is 12.8 Å². The van der Waals surface area contributed by atoms with Crippen molar-refractivity contribution in [3.63, 3.8) is 0 Å². The third-order valence-corrected chi connectivity index (χ3v) is 4.72. The summed E-state index contributed by atoms with van der Waals surface area (Å²) in [6.45, 7) is 9.11. The summed E-state index contributed by atoms with van der Waals surface area (Å²) in [4.78, 5) is 4.52. The van der Waals surface area contributed by atoms with Crippen molar-refractivity contribution in [1.29, 1.82) is 0 Å². The molecule has 2 aliphatic rings. The fraction of sp³-hybridized carbons (Fsp3) is 0.688. The molecule has 2 aliphatic carbocycles. The first kappa shape index (κ1) is 13.7. The van der Waals surface area contributed by atoms with Gasteiger partial charge in [-0.25, -0.2) is 4.99 Å². The second kappa shape index (κ2) is 5.11. The first-order chi connectivity index (χ1) is 8.48. The van der Waals surface area contributed by atoms with E-state index in [9.17, 15) is 0 Å². The number of isothiocyanates is 1. The smallest absolute Gasteiger partial charge is 0.0754 e. The quantitative estimate of drug-likeness (QED) is 0.506. The van der Waals surface area contributed by atoms with Crippen molar-refractivity contribution >= 4 is 17.4 Å². The molecule has 0 aromatic rings. The number of hydrogen-bond donors (Lipinski definition) is 0. The minimum absolute atomic E-state index is 0.0212. The van der Waals surface area contributed by atoms with Gasteiger partial charge in [-0.2, -0.15) is 0 Å². The van der Waals surface area contributed by atoms with Crippen LogP contribution in [0.2, 0.25) is 0 Å². The Bertz CT molecular complexity index is 452. The second-order valence-corrected chi connectivity index (χ2v) is 6.46. The molecule has 2 heteroatoms. The van der Waals surface area contributed by atoms with Gasteiger partial charge in [-0.3, -0.25) is 0 Å². The molecule has 2 unspecified atom stereocenters. The largest absolute Gasteiger partial charge is 0.225 e. The predicted molar refractivity (Wildman–Crippen MR) is 81.0 cm³/mol. The molecule has 0 amide bonds. The highest BCUT2D eigenvalue weighted by Gasteiger charge is 2.41. The summed E-state index contributed by atoms with van der Waals surface area (Å²) in [5, 5.41) is 2.63. The predicted octanol–water partition coefficient (Wildman–Crippen LogP) is 4.95. The van der Waals surface area contributed by atoms with Crippen LogP contribution in [0.15, 0.2) is 27.8 Å². The molecule has 0 aromatic carbocycles. The number of fused-ring (bicyclic) bond motifs is 1. The highest BCUT2D eigenvalue weighted by molar-refractivity contribution is 7.78. The molecule has 0 spiro atoms. The van der Waals surface area contributed by atoms with E-state index in [-0.39, 0.29) is 5.54 Å². The lowest BCUT2D eigenvalue weighted by Gasteiger charge is -2.43. The Hall–Kier alpha value is -0.720. The van der Waals surface area contributed by atoms with Gasteiger partial charge < -0.3 is 0 Å². The minimum atomic E-state index is -0.0212. The number of allylic oxidation sites excluding steroid dienone is 3. The van der Waals surface area contributed by atoms with E-state index in [1.165, 1.54) is 18.4 Å². The van der Waals surface area contributed by atoms with Crippen LogP contribution in [0.25, 0.3) is 0 Å². The van der Waals surface area contributed by atoms with Gasteiger partial charge in [0.15, 0.2) is 0 Å². The summed E-state index contributed by atoms with van der Waals surface area (Å²) in [7, 11) is 0. The van der Waals surface area contributed by atoms with Gasteiger partial charge in [-0.05, 0) is 63.2 Å². The Balaban J connectivity index is 2.51. The molecule has 0 saturated heterocycles. The first-order valence-corrected chi connectivity index (χ1v) is 7.38. The molecule has 0 bridgehead atoms. The molecule has 2 rings (SSSR count). The van der Waals surface area contributed by atoms with E-state index in [0.29, 0.717) is 11.8 Å². The van der Waals surface area contributed by atoms with Crippen molar-refractivity contribution < 1.29 is 0 Å². The van der Waals surface area contributed by atoms with Crippen molar-refractivity contribution in [3.8, 4) is 0 Å². The molecule has 0 fully saturated rings. The van der Waals surface area contributed by atoms with Crippen molar-refractivity contribution in [2.45, 2.75) is 58.9 Å². The maximum Gasteiger partial charge on any atom is 0.0754 e. The molecule has 0 heterocycles. The zero-order valence-electron chi connectivity index (χ0n) is 11.9. The lowest BCUT2D eigenvalue weighted by atomic mass is 9.65. The van der Waals surface area contributed by atoms with Gasteiger partial charge in [-0.15, -0.1) is 0 Å². The summed E-state index contributed by atoms with van der Waals surface area (Å²) in [6.07, 6.45) is 7.10. The Morgan fingerprint density at radius 3 is 2.78 bits per heavy atom. The standard InChI is InChI=1S/C16H23NS/c1-11(2)13-7-8-16(4,17-10-18)15-6-5-12(3)9-14(13)15/h9,11,15H,5-8H2,1-4H3. The first-order valence-electron chi connectivity index (χ1n) is 6.97. The van der Waals surface area contributed by atoms with Crippen LogP contribution in [0.5, 0.6) is 0 Å². The average Bonchev–Trinajstić information content (AvgIpc) is 2.28. The Morgan fingerprint density at radius 1 is 1.44 bits per heavy atom. The molecule has 18 heavy (non-hydrogen) atoms. The number of aliphatic imine (C=N–C) groups is 1. The van der Waals surface area contributed by atoms with Crippen molar-refractivity contribution in [2.24, 2.45) is 16.8 Å². The molecule has 0 aliphatic heterocycles. The van der Waals surface area contributed by atoms with Crippen LogP contribution in [0.4, 0.5) is 0 Å². The van der Waals surface area contributed by atoms with Crippen LogP contribution >= 0.6 is 12.2 Å². The van der Waals surface area contributed by atoms with Crippen molar-refractivity contribution in [3.05, 3.63) is 22.8 Å². The fourth-order valence-electron chi connectivity index (χ4n) is 3.49. The molecule has 0 N–H and O–H groups in total. The van der Waals surface area contributed by atoms with Crippen molar-refractivity contribution in [2.75, 3.05) is 0 Å². The van der Waals surface area contributed by atoms with E-state index >= 15 is 0 Å². The van der Waals surface area contributed by atoms with Crippen LogP contribution in [0.3, 0.4) is 0 Å². The van der Waals surface area contributed by atoms with Crippen LogP contribution in [-0.4, -0.2) is 10.7 Å². The number of rotatable bonds is 2. The van der Waals surface area contributed by atoms with Gasteiger partial charge in [0.25, 0.3) is 0 Å². The Labute approximate surface area is 116 Å². The monoisotopic (exact) mass is 261 g/mol. The van der Waals surface area contributed by atoms with E-state index in [1.807, 2.05) is 0 Å². The lowest BCUT2D eigenvalue weighted by molar-refractivity contribution is 0.276. The maximum atomic E-state index is 4.85. The van der Waals surface area contributed by atoms with Crippen LogP contribution in [0, 0.1) is 11.8 Å². The number of nitrogens with zero attached hydrogens (tertiary/aromatic N) is 1. The molecule has 0 saturated carbocycles. The second-order valence-electron chi connectivity index (χ2n) is 6.28. The van der Waals surface area contributed by atoms with Crippen LogP contribution < -0.4 is 0 Å². The molecular weight excluding hydrogens is 238 g/mol. The topological polar surface area (TPSA) is 12.4 Å². The van der Waals surface area contributed by atoms with Gasteiger partial charge in [0.2, 0.25) is 0 Å². The van der Waals surface area contributed by atoms with E-state index in [1.54, 1.807) is 11.1 Å². The third kappa shape index (κ3) is 2.37. The van der Waals surface area contributed by atoms with Crippen LogP contribution in [0.1, 0.15) is 53.4 Å². The van der Waals surface area contributed by atoms with Gasteiger partial charge in [0.05, 0.1) is 10.7 Å². The van der Waals surface area contributed by atoms with Crippen molar-refractivity contribution in [1.82, 2.24) is 0 Å². The molecule has 98 valence electrons. The van der Waals surface area contributed by atoms with Gasteiger partial charge in [0, 0.05) is 5.92 Å². The molecule has 0 aromatic heterocycles. The molecular formula is C16H23NS.